The minimum Gasteiger partial charge on any atom is -0.461 e. The Balaban J connectivity index is 2.18. The second kappa shape index (κ2) is 12.7. The molecule has 32 heavy (non-hydrogen) atoms. The van der Waals surface area contributed by atoms with Gasteiger partial charge in [0.1, 0.15) is 6.04 Å². The van der Waals surface area contributed by atoms with Gasteiger partial charge in [0.15, 0.2) is 5.78 Å². The average molecular weight is 457 g/mol. The molecule has 0 saturated heterocycles. The molecule has 0 aliphatic carbocycles. The summed E-state index contributed by atoms with van der Waals surface area (Å²) < 4.78 is 5.24. The SMILES string of the molecule is CC(C)OC(=O)[C@H](CCC(=O)C=N)NC(=O)[C@H](Cc1c[nH]c2ccccc12)SCCC#N. The van der Waals surface area contributed by atoms with E-state index in [1.165, 1.54) is 11.8 Å². The average Bonchev–Trinajstić information content (AvgIpc) is 3.18. The predicted octanol–water partition coefficient (Wildman–Crippen LogP) is 3.16. The maximum atomic E-state index is 13.2. The molecule has 0 spiro atoms. The third-order valence-electron chi connectivity index (χ3n) is 4.70. The number of carbonyl (C=O) groups is 3. The van der Waals surface area contributed by atoms with Crippen molar-refractivity contribution < 1.29 is 19.1 Å². The molecule has 9 heteroatoms. The van der Waals surface area contributed by atoms with E-state index in [2.05, 4.69) is 16.4 Å². The van der Waals surface area contributed by atoms with Gasteiger partial charge in [0.05, 0.1) is 23.6 Å². The van der Waals surface area contributed by atoms with Gasteiger partial charge in [-0.05, 0) is 38.3 Å². The van der Waals surface area contributed by atoms with Gasteiger partial charge in [0.25, 0.3) is 0 Å². The minimum absolute atomic E-state index is 0.0453. The van der Waals surface area contributed by atoms with Gasteiger partial charge in [-0.15, -0.1) is 11.8 Å². The highest BCUT2D eigenvalue weighted by Gasteiger charge is 2.28. The van der Waals surface area contributed by atoms with E-state index in [0.717, 1.165) is 16.5 Å². The van der Waals surface area contributed by atoms with Gasteiger partial charge in [-0.1, -0.05) is 18.2 Å². The normalized spacial score (nSPS) is 12.7. The summed E-state index contributed by atoms with van der Waals surface area (Å²) in [7, 11) is 0. The molecule has 0 saturated carbocycles. The summed E-state index contributed by atoms with van der Waals surface area (Å²) in [4.78, 5) is 40.4. The van der Waals surface area contributed by atoms with Crippen molar-refractivity contribution in [3.63, 3.8) is 0 Å². The molecular formula is C23H28N4O4S. The van der Waals surface area contributed by atoms with Crippen LogP contribution in [0.3, 0.4) is 0 Å². The number of fused-ring (bicyclic) bond motifs is 1. The lowest BCUT2D eigenvalue weighted by Gasteiger charge is -2.22. The summed E-state index contributed by atoms with van der Waals surface area (Å²) in [6.45, 7) is 3.41. The van der Waals surface area contributed by atoms with E-state index in [1.54, 1.807) is 13.8 Å². The number of para-hydroxylation sites is 1. The Morgan fingerprint density at radius 2 is 2.06 bits per heavy atom. The molecule has 2 rings (SSSR count). The number of aromatic amines is 1. The minimum atomic E-state index is -0.990. The number of H-pyrrole nitrogens is 1. The second-order valence-electron chi connectivity index (χ2n) is 7.53. The summed E-state index contributed by atoms with van der Waals surface area (Å²) in [6.07, 6.45) is 2.91. The number of Topliss-reactive ketones (excluding diaryl/α,β-unsaturated/α-hetero) is 1. The fourth-order valence-electron chi connectivity index (χ4n) is 3.16. The van der Waals surface area contributed by atoms with Crippen LogP contribution in [0.25, 0.3) is 10.9 Å². The first-order chi connectivity index (χ1) is 15.3. The molecule has 0 bridgehead atoms. The van der Waals surface area contributed by atoms with Gasteiger partial charge in [0.2, 0.25) is 5.91 Å². The number of ketones is 1. The fraction of sp³-hybridized carbons (Fsp3) is 0.435. The summed E-state index contributed by atoms with van der Waals surface area (Å²) in [5, 5.41) is 19.1. The quantitative estimate of drug-likeness (QED) is 0.241. The van der Waals surface area contributed by atoms with Crippen LogP contribution < -0.4 is 5.32 Å². The number of benzene rings is 1. The number of rotatable bonds is 13. The van der Waals surface area contributed by atoms with Crippen molar-refractivity contribution in [1.82, 2.24) is 10.3 Å². The number of carbonyl (C=O) groups excluding carboxylic acids is 3. The van der Waals surface area contributed by atoms with Gasteiger partial charge in [0, 0.05) is 35.7 Å². The van der Waals surface area contributed by atoms with Crippen LogP contribution in [0.1, 0.15) is 38.7 Å². The van der Waals surface area contributed by atoms with Crippen LogP contribution >= 0.6 is 11.8 Å². The monoisotopic (exact) mass is 456 g/mol. The third-order valence-corrected chi connectivity index (χ3v) is 5.92. The van der Waals surface area contributed by atoms with Crippen molar-refractivity contribution in [3.8, 4) is 6.07 Å². The third kappa shape index (κ3) is 7.54. The van der Waals surface area contributed by atoms with Crippen molar-refractivity contribution >= 4 is 46.5 Å². The molecule has 170 valence electrons. The van der Waals surface area contributed by atoms with E-state index >= 15 is 0 Å². The largest absolute Gasteiger partial charge is 0.461 e. The van der Waals surface area contributed by atoms with Crippen molar-refractivity contribution in [2.24, 2.45) is 0 Å². The Morgan fingerprint density at radius 3 is 2.75 bits per heavy atom. The Kier molecular flexibility index (Phi) is 9.95. The number of nitrogens with one attached hydrogen (secondary N) is 3. The molecule has 0 radical (unpaired) electrons. The number of thioether (sulfide) groups is 1. The predicted molar refractivity (Wildman–Crippen MR) is 125 cm³/mol. The highest BCUT2D eigenvalue weighted by atomic mass is 32.2. The molecule has 2 aromatic rings. The number of nitrogens with zero attached hydrogens (tertiary/aromatic N) is 1. The lowest BCUT2D eigenvalue weighted by molar-refractivity contribution is -0.151. The van der Waals surface area contributed by atoms with Gasteiger partial charge in [-0.2, -0.15) is 5.26 Å². The van der Waals surface area contributed by atoms with E-state index in [9.17, 15) is 14.4 Å². The standard InChI is InChI=1S/C23H28N4O4S/c1-15(2)31-23(30)20(9-8-17(28)13-25)27-22(29)21(32-11-5-10-24)12-16-14-26-19-7-4-3-6-18(16)19/h3-4,6-7,13-15,20-21,25-26H,5,8-9,11-12H2,1-2H3,(H,27,29)/t20-,21-/m0/s1. The van der Waals surface area contributed by atoms with Gasteiger partial charge >= 0.3 is 5.97 Å². The van der Waals surface area contributed by atoms with Crippen LogP contribution in [0.15, 0.2) is 30.5 Å². The number of ether oxygens (including phenoxy) is 1. The van der Waals surface area contributed by atoms with Gasteiger partial charge in [-0.25, -0.2) is 4.79 Å². The zero-order chi connectivity index (χ0) is 23.5. The summed E-state index contributed by atoms with van der Waals surface area (Å²) in [6, 6.07) is 8.87. The topological polar surface area (TPSA) is 136 Å². The Morgan fingerprint density at radius 1 is 1.31 bits per heavy atom. The molecular weight excluding hydrogens is 428 g/mol. The van der Waals surface area contributed by atoms with Gasteiger partial charge < -0.3 is 20.4 Å². The lowest BCUT2D eigenvalue weighted by atomic mass is 10.1. The number of amides is 1. The smallest absolute Gasteiger partial charge is 0.328 e. The van der Waals surface area contributed by atoms with E-state index in [4.69, 9.17) is 15.4 Å². The first-order valence-electron chi connectivity index (χ1n) is 10.4. The number of nitriles is 1. The Hall–Kier alpha value is -3.12. The Bertz CT molecular complexity index is 995. The highest BCUT2D eigenvalue weighted by Crippen LogP contribution is 2.24. The molecule has 8 nitrogen and oxygen atoms in total. The lowest BCUT2D eigenvalue weighted by Crippen LogP contribution is -2.46. The van der Waals surface area contributed by atoms with Crippen LogP contribution in [0.5, 0.6) is 0 Å². The Labute approximate surface area is 191 Å². The van der Waals surface area contributed by atoms with Crippen molar-refractivity contribution in [3.05, 3.63) is 36.0 Å². The molecule has 1 heterocycles. The number of esters is 1. The zero-order valence-corrected chi connectivity index (χ0v) is 19.0. The van der Waals surface area contributed by atoms with Crippen molar-refractivity contribution in [2.45, 2.75) is 56.9 Å². The second-order valence-corrected chi connectivity index (χ2v) is 8.84. The molecule has 0 aliphatic heterocycles. The molecule has 1 aromatic heterocycles. The van der Waals surface area contributed by atoms with Gasteiger partial charge in [-0.3, -0.25) is 9.59 Å². The van der Waals surface area contributed by atoms with Crippen LogP contribution in [-0.4, -0.2) is 52.0 Å². The van der Waals surface area contributed by atoms with Crippen LogP contribution in [0, 0.1) is 16.7 Å². The van der Waals surface area contributed by atoms with E-state index in [1.807, 2.05) is 30.5 Å². The molecule has 0 fully saturated rings. The number of hydrogen-bond acceptors (Lipinski definition) is 7. The fourth-order valence-corrected chi connectivity index (χ4v) is 4.17. The van der Waals surface area contributed by atoms with Crippen molar-refractivity contribution in [1.29, 1.82) is 10.7 Å². The first-order valence-corrected chi connectivity index (χ1v) is 11.5. The first kappa shape index (κ1) is 25.1. The van der Waals surface area contributed by atoms with E-state index in [-0.39, 0.29) is 24.9 Å². The highest BCUT2D eigenvalue weighted by molar-refractivity contribution is 8.00. The molecule has 3 N–H and O–H groups in total. The summed E-state index contributed by atoms with van der Waals surface area (Å²) >= 11 is 1.35. The molecule has 1 amide bonds. The molecule has 0 unspecified atom stereocenters. The number of aromatic nitrogens is 1. The maximum absolute atomic E-state index is 13.2. The molecule has 0 aliphatic rings. The van der Waals surface area contributed by atoms with Crippen molar-refractivity contribution in [2.75, 3.05) is 5.75 Å². The summed E-state index contributed by atoms with van der Waals surface area (Å²) in [5.41, 5.74) is 1.93. The van der Waals surface area contributed by atoms with E-state index in [0.29, 0.717) is 24.8 Å². The zero-order valence-electron chi connectivity index (χ0n) is 18.2. The molecule has 1 aromatic carbocycles. The molecule has 2 atom stereocenters. The van der Waals surface area contributed by atoms with Crippen LogP contribution in [0.2, 0.25) is 0 Å². The summed E-state index contributed by atoms with van der Waals surface area (Å²) in [5.74, 6) is -0.921. The van der Waals surface area contributed by atoms with E-state index < -0.39 is 23.0 Å². The van der Waals surface area contributed by atoms with Crippen LogP contribution in [-0.2, 0) is 25.5 Å². The number of hydrogen-bond donors (Lipinski definition) is 3. The maximum Gasteiger partial charge on any atom is 0.328 e. The van der Waals surface area contributed by atoms with Crippen LogP contribution in [0.4, 0.5) is 0 Å².